The molecule has 0 atom stereocenters. The van der Waals surface area contributed by atoms with Crippen molar-refractivity contribution in [1.82, 2.24) is 0 Å². The predicted octanol–water partition coefficient (Wildman–Crippen LogP) is 4.46. The first kappa shape index (κ1) is 13.3. The maximum absolute atomic E-state index is 11.2. The van der Waals surface area contributed by atoms with Gasteiger partial charge in [-0.3, -0.25) is 0 Å². The zero-order valence-corrected chi connectivity index (χ0v) is 12.0. The zero-order chi connectivity index (χ0) is 14.1. The molecule has 0 saturated carbocycles. The number of thioether (sulfide) groups is 1. The van der Waals surface area contributed by atoms with E-state index in [-0.39, 0.29) is 0 Å². The molecule has 100 valence electrons. The summed E-state index contributed by atoms with van der Waals surface area (Å²) >= 11 is 7.77. The van der Waals surface area contributed by atoms with Crippen molar-refractivity contribution in [2.45, 2.75) is 10.6 Å². The van der Waals surface area contributed by atoms with Crippen LogP contribution in [0.3, 0.4) is 0 Å². The number of benzene rings is 2. The Morgan fingerprint density at radius 3 is 2.80 bits per heavy atom. The lowest BCUT2D eigenvalue weighted by Gasteiger charge is -2.10. The molecule has 0 amide bonds. The molecule has 1 aliphatic rings. The molecular weight excluding hydrogens is 292 g/mol. The molecule has 2 aromatic rings. The number of halogens is 1. The van der Waals surface area contributed by atoms with Crippen molar-refractivity contribution in [3.05, 3.63) is 70.3 Å². The van der Waals surface area contributed by atoms with Gasteiger partial charge in [-0.15, -0.1) is 11.8 Å². The first-order valence-electron chi connectivity index (χ1n) is 6.11. The fourth-order valence-corrected chi connectivity index (χ4v) is 3.55. The van der Waals surface area contributed by atoms with E-state index >= 15 is 0 Å². The number of carboxylic acid groups (broad SMARTS) is 1. The van der Waals surface area contributed by atoms with E-state index in [2.05, 4.69) is 0 Å². The van der Waals surface area contributed by atoms with Crippen molar-refractivity contribution in [3.63, 3.8) is 0 Å². The lowest BCUT2D eigenvalue weighted by molar-refractivity contribution is -0.131. The Kier molecular flexibility index (Phi) is 3.55. The van der Waals surface area contributed by atoms with Gasteiger partial charge in [0.25, 0.3) is 0 Å². The van der Waals surface area contributed by atoms with Gasteiger partial charge in [-0.25, -0.2) is 4.79 Å². The summed E-state index contributed by atoms with van der Waals surface area (Å²) < 4.78 is 0. The van der Waals surface area contributed by atoms with E-state index in [4.69, 9.17) is 16.7 Å². The van der Waals surface area contributed by atoms with Crippen molar-refractivity contribution in [1.29, 1.82) is 0 Å². The van der Waals surface area contributed by atoms with E-state index < -0.39 is 5.97 Å². The minimum absolute atomic E-state index is 0.611. The van der Waals surface area contributed by atoms with E-state index in [1.807, 2.05) is 42.5 Å². The molecule has 4 heteroatoms. The molecule has 0 radical (unpaired) electrons. The molecule has 1 aliphatic heterocycles. The molecule has 0 spiro atoms. The van der Waals surface area contributed by atoms with Crippen LogP contribution < -0.4 is 0 Å². The van der Waals surface area contributed by atoms with Gasteiger partial charge in [0, 0.05) is 21.7 Å². The van der Waals surface area contributed by atoms with Gasteiger partial charge in [-0.05, 0) is 40.5 Å². The summed E-state index contributed by atoms with van der Waals surface area (Å²) in [6, 6.07) is 13.5. The monoisotopic (exact) mass is 302 g/mol. The molecule has 0 aromatic heterocycles. The van der Waals surface area contributed by atoms with Gasteiger partial charge >= 0.3 is 5.97 Å². The summed E-state index contributed by atoms with van der Waals surface area (Å²) in [6.07, 6.45) is 1.26. The van der Waals surface area contributed by atoms with Crippen molar-refractivity contribution in [2.24, 2.45) is 0 Å². The largest absolute Gasteiger partial charge is 0.478 e. The van der Waals surface area contributed by atoms with Crippen molar-refractivity contribution >= 4 is 34.9 Å². The predicted molar refractivity (Wildman–Crippen MR) is 82.2 cm³/mol. The van der Waals surface area contributed by atoms with Crippen LogP contribution in [0.15, 0.2) is 53.4 Å². The Balaban J connectivity index is 2.30. The maximum Gasteiger partial charge on any atom is 0.328 e. The Morgan fingerprint density at radius 1 is 1.20 bits per heavy atom. The molecule has 0 fully saturated rings. The summed E-state index contributed by atoms with van der Waals surface area (Å²) in [5.41, 5.74) is 3.70. The van der Waals surface area contributed by atoms with Crippen LogP contribution >= 0.6 is 23.4 Å². The number of hydrogen-bond acceptors (Lipinski definition) is 2. The van der Waals surface area contributed by atoms with Crippen molar-refractivity contribution < 1.29 is 9.90 Å². The highest BCUT2D eigenvalue weighted by atomic mass is 35.5. The number of carboxylic acids is 1. The van der Waals surface area contributed by atoms with Crippen LogP contribution in [-0.4, -0.2) is 11.1 Å². The van der Waals surface area contributed by atoms with Crippen LogP contribution in [0.25, 0.3) is 5.57 Å². The fourth-order valence-electron chi connectivity index (χ4n) is 2.33. The second-order valence-corrected chi connectivity index (χ2v) is 5.94. The average Bonchev–Trinajstić information content (AvgIpc) is 2.57. The van der Waals surface area contributed by atoms with Crippen LogP contribution in [0.5, 0.6) is 0 Å². The Bertz CT molecular complexity index is 722. The van der Waals surface area contributed by atoms with E-state index in [0.717, 1.165) is 32.9 Å². The number of aliphatic carboxylic acids is 1. The van der Waals surface area contributed by atoms with Gasteiger partial charge in [-0.1, -0.05) is 35.9 Å². The first-order chi connectivity index (χ1) is 9.65. The summed E-state index contributed by atoms with van der Waals surface area (Å²) in [6.45, 7) is 0. The van der Waals surface area contributed by atoms with Gasteiger partial charge in [0.1, 0.15) is 0 Å². The van der Waals surface area contributed by atoms with Gasteiger partial charge in [0.2, 0.25) is 0 Å². The molecule has 3 rings (SSSR count). The number of fused-ring (bicyclic) bond motifs is 2. The highest BCUT2D eigenvalue weighted by Crippen LogP contribution is 2.40. The highest BCUT2D eigenvalue weighted by Gasteiger charge is 2.19. The van der Waals surface area contributed by atoms with Crippen LogP contribution in [0, 0.1) is 0 Å². The summed E-state index contributed by atoms with van der Waals surface area (Å²) in [5.74, 6) is -0.130. The first-order valence-corrected chi connectivity index (χ1v) is 7.47. The molecule has 0 saturated heterocycles. The van der Waals surface area contributed by atoms with Crippen LogP contribution in [0.1, 0.15) is 16.7 Å². The molecule has 20 heavy (non-hydrogen) atoms. The van der Waals surface area contributed by atoms with Gasteiger partial charge < -0.3 is 5.11 Å². The van der Waals surface area contributed by atoms with E-state index in [0.29, 0.717) is 5.02 Å². The van der Waals surface area contributed by atoms with Gasteiger partial charge in [-0.2, -0.15) is 0 Å². The summed E-state index contributed by atoms with van der Waals surface area (Å²) in [7, 11) is 0. The minimum atomic E-state index is -0.951. The maximum atomic E-state index is 11.2. The summed E-state index contributed by atoms with van der Waals surface area (Å²) in [5, 5.41) is 9.77. The number of hydrogen-bond donors (Lipinski definition) is 1. The average molecular weight is 303 g/mol. The van der Waals surface area contributed by atoms with Gasteiger partial charge in [0.05, 0.1) is 0 Å². The highest BCUT2D eigenvalue weighted by molar-refractivity contribution is 7.98. The van der Waals surface area contributed by atoms with Crippen LogP contribution in [-0.2, 0) is 10.5 Å². The Morgan fingerprint density at radius 2 is 2.00 bits per heavy atom. The molecular formula is C16H11ClO2S. The molecule has 0 aliphatic carbocycles. The summed E-state index contributed by atoms with van der Waals surface area (Å²) in [4.78, 5) is 12.2. The lowest BCUT2D eigenvalue weighted by atomic mass is 9.94. The second-order valence-electron chi connectivity index (χ2n) is 4.48. The second kappa shape index (κ2) is 5.35. The molecule has 0 bridgehead atoms. The minimum Gasteiger partial charge on any atom is -0.478 e. The van der Waals surface area contributed by atoms with E-state index in [9.17, 15) is 4.79 Å². The standard InChI is InChI=1S/C16H11ClO2S/c17-11-5-6-15-14(7-11)13(8-16(18)19)12-4-2-1-3-10(12)9-20-15/h1-8H,9H2,(H,18,19)/b13-8+. The smallest absolute Gasteiger partial charge is 0.328 e. The van der Waals surface area contributed by atoms with E-state index in [1.54, 1.807) is 11.8 Å². The quantitative estimate of drug-likeness (QED) is 0.790. The van der Waals surface area contributed by atoms with Crippen LogP contribution in [0.4, 0.5) is 0 Å². The Hall–Kier alpha value is -1.71. The third-order valence-corrected chi connectivity index (χ3v) is 4.55. The zero-order valence-electron chi connectivity index (χ0n) is 10.5. The van der Waals surface area contributed by atoms with Crippen molar-refractivity contribution in [3.8, 4) is 0 Å². The van der Waals surface area contributed by atoms with E-state index in [1.165, 1.54) is 6.08 Å². The SMILES string of the molecule is O=C(O)/C=C1\c2ccccc2CSc2ccc(Cl)cc21. The van der Waals surface area contributed by atoms with Gasteiger partial charge in [0.15, 0.2) is 0 Å². The normalized spacial score (nSPS) is 15.3. The molecule has 2 nitrogen and oxygen atoms in total. The number of carbonyl (C=O) groups is 1. The van der Waals surface area contributed by atoms with Crippen LogP contribution in [0.2, 0.25) is 5.02 Å². The molecule has 1 N–H and O–H groups in total. The molecule has 1 heterocycles. The molecule has 0 unspecified atom stereocenters. The topological polar surface area (TPSA) is 37.3 Å². The Labute approximate surface area is 126 Å². The number of rotatable bonds is 1. The third-order valence-electron chi connectivity index (χ3n) is 3.19. The molecule has 2 aromatic carbocycles. The lowest BCUT2D eigenvalue weighted by Crippen LogP contribution is -1.96. The fraction of sp³-hybridized carbons (Fsp3) is 0.0625. The van der Waals surface area contributed by atoms with Crippen molar-refractivity contribution in [2.75, 3.05) is 0 Å². The third kappa shape index (κ3) is 2.47.